The Kier molecular flexibility index (Phi) is 3.74. The second-order valence-electron chi connectivity index (χ2n) is 4.40. The molecule has 0 aromatic carbocycles. The fourth-order valence-corrected chi connectivity index (χ4v) is 1.60. The molecule has 1 aromatic rings. The van der Waals surface area contributed by atoms with Crippen LogP contribution >= 0.6 is 23.2 Å². The number of pyridine rings is 1. The second-order valence-corrected chi connectivity index (χ2v) is 5.14. The summed E-state index contributed by atoms with van der Waals surface area (Å²) >= 11 is 11.7. The monoisotopic (exact) mass is 244 g/mol. The summed E-state index contributed by atoms with van der Waals surface area (Å²) in [6.45, 7) is 8.01. The van der Waals surface area contributed by atoms with E-state index < -0.39 is 0 Å². The molecule has 0 unspecified atom stereocenters. The van der Waals surface area contributed by atoms with Gasteiger partial charge in [-0.2, -0.15) is 0 Å². The predicted molar refractivity (Wildman–Crippen MR) is 66.3 cm³/mol. The summed E-state index contributed by atoms with van der Waals surface area (Å²) in [5.41, 5.74) is 1.69. The number of nitrogens with zero attached hydrogens (tertiary/aromatic N) is 2. The van der Waals surface area contributed by atoms with Crippen LogP contribution in [-0.2, 0) is 0 Å². The van der Waals surface area contributed by atoms with Gasteiger partial charge < -0.3 is 0 Å². The van der Waals surface area contributed by atoms with Gasteiger partial charge in [0.1, 0.15) is 10.3 Å². The topological polar surface area (TPSA) is 25.2 Å². The van der Waals surface area contributed by atoms with Crippen LogP contribution in [0, 0.1) is 6.92 Å². The van der Waals surface area contributed by atoms with E-state index >= 15 is 0 Å². The van der Waals surface area contributed by atoms with Gasteiger partial charge in [0, 0.05) is 11.8 Å². The van der Waals surface area contributed by atoms with Crippen LogP contribution in [0.1, 0.15) is 31.9 Å². The third kappa shape index (κ3) is 3.80. The Bertz CT molecular complexity index is 369. The molecule has 82 valence electrons. The number of aryl methyl sites for hydroxylation is 1. The molecule has 0 spiro atoms. The van der Waals surface area contributed by atoms with Crippen molar-refractivity contribution in [2.75, 3.05) is 0 Å². The van der Waals surface area contributed by atoms with Crippen LogP contribution in [0.4, 0.5) is 0 Å². The lowest BCUT2D eigenvalue weighted by atomic mass is 10.1. The first kappa shape index (κ1) is 12.5. The largest absolute Gasteiger partial charge is 0.287 e. The van der Waals surface area contributed by atoms with Crippen LogP contribution in [0.5, 0.6) is 0 Å². The van der Waals surface area contributed by atoms with Gasteiger partial charge in [-0.25, -0.2) is 4.98 Å². The summed E-state index contributed by atoms with van der Waals surface area (Å²) in [6.07, 6.45) is 1.75. The predicted octanol–water partition coefficient (Wildman–Crippen LogP) is 3.91. The number of hydrogen-bond donors (Lipinski definition) is 0. The van der Waals surface area contributed by atoms with Crippen molar-refractivity contribution in [2.45, 2.75) is 33.2 Å². The lowest BCUT2D eigenvalue weighted by molar-refractivity contribution is 0.586. The quantitative estimate of drug-likeness (QED) is 0.543. The first-order chi connectivity index (χ1) is 6.79. The van der Waals surface area contributed by atoms with Gasteiger partial charge >= 0.3 is 0 Å². The molecule has 1 heterocycles. The molecule has 0 amide bonds. The highest BCUT2D eigenvalue weighted by Gasteiger charge is 2.08. The third-order valence-corrected chi connectivity index (χ3v) is 2.25. The summed E-state index contributed by atoms with van der Waals surface area (Å²) in [5, 5.41) is 0.804. The SMILES string of the molecule is Cc1cc(Cl)nc(Cl)c1C=NC(C)(C)C. The first-order valence-electron chi connectivity index (χ1n) is 4.67. The molecule has 0 aliphatic rings. The fraction of sp³-hybridized carbons (Fsp3) is 0.455. The van der Waals surface area contributed by atoms with Crippen LogP contribution < -0.4 is 0 Å². The van der Waals surface area contributed by atoms with E-state index in [9.17, 15) is 0 Å². The lowest BCUT2D eigenvalue weighted by Gasteiger charge is -2.11. The third-order valence-electron chi connectivity index (χ3n) is 1.77. The zero-order valence-corrected chi connectivity index (χ0v) is 10.8. The van der Waals surface area contributed by atoms with Crippen LogP contribution in [0.25, 0.3) is 0 Å². The van der Waals surface area contributed by atoms with E-state index in [-0.39, 0.29) is 5.54 Å². The minimum atomic E-state index is -0.116. The Morgan fingerprint density at radius 1 is 1.33 bits per heavy atom. The summed E-state index contributed by atoms with van der Waals surface area (Å²) < 4.78 is 0. The second kappa shape index (κ2) is 4.50. The standard InChI is InChI=1S/C11H14Cl2N2/c1-7-5-9(12)15-10(13)8(7)6-14-11(2,3)4/h5-6H,1-4H3. The number of hydrogen-bond acceptors (Lipinski definition) is 2. The van der Waals surface area contributed by atoms with E-state index in [0.717, 1.165) is 11.1 Å². The maximum Gasteiger partial charge on any atom is 0.139 e. The minimum Gasteiger partial charge on any atom is -0.287 e. The smallest absolute Gasteiger partial charge is 0.139 e. The normalized spacial score (nSPS) is 12.4. The Morgan fingerprint density at radius 3 is 2.40 bits per heavy atom. The Hall–Kier alpha value is -0.600. The Balaban J connectivity index is 3.11. The molecule has 15 heavy (non-hydrogen) atoms. The van der Waals surface area contributed by atoms with Crippen molar-refractivity contribution in [1.29, 1.82) is 0 Å². The van der Waals surface area contributed by atoms with Crippen LogP contribution in [0.15, 0.2) is 11.1 Å². The Morgan fingerprint density at radius 2 is 1.93 bits per heavy atom. The molecule has 4 heteroatoms. The van der Waals surface area contributed by atoms with Crippen LogP contribution in [0.3, 0.4) is 0 Å². The molecule has 0 aliphatic heterocycles. The van der Waals surface area contributed by atoms with Crippen molar-refractivity contribution < 1.29 is 0 Å². The molecule has 0 fully saturated rings. The van der Waals surface area contributed by atoms with Gasteiger partial charge in [-0.3, -0.25) is 4.99 Å². The highest BCUT2D eigenvalue weighted by molar-refractivity contribution is 6.34. The van der Waals surface area contributed by atoms with E-state index in [4.69, 9.17) is 23.2 Å². The lowest BCUT2D eigenvalue weighted by Crippen LogP contribution is -2.10. The molecule has 0 saturated heterocycles. The van der Waals surface area contributed by atoms with Gasteiger partial charge in [0.15, 0.2) is 0 Å². The number of rotatable bonds is 1. The highest BCUT2D eigenvalue weighted by atomic mass is 35.5. The van der Waals surface area contributed by atoms with Gasteiger partial charge in [-0.1, -0.05) is 23.2 Å². The summed E-state index contributed by atoms with van der Waals surface area (Å²) in [4.78, 5) is 8.36. The van der Waals surface area contributed by atoms with Crippen LogP contribution in [0.2, 0.25) is 10.3 Å². The van der Waals surface area contributed by atoms with Crippen molar-refractivity contribution in [3.05, 3.63) is 27.5 Å². The molecular formula is C11H14Cl2N2. The van der Waals surface area contributed by atoms with E-state index in [2.05, 4.69) is 9.98 Å². The van der Waals surface area contributed by atoms with E-state index in [0.29, 0.717) is 10.3 Å². The van der Waals surface area contributed by atoms with E-state index in [1.54, 1.807) is 12.3 Å². The number of halogens is 2. The Labute approximate surface area is 100 Å². The van der Waals surface area contributed by atoms with Crippen molar-refractivity contribution in [1.82, 2.24) is 4.98 Å². The maximum absolute atomic E-state index is 5.98. The zero-order valence-electron chi connectivity index (χ0n) is 9.31. The molecule has 0 atom stereocenters. The minimum absolute atomic E-state index is 0.116. The van der Waals surface area contributed by atoms with Gasteiger partial charge in [0.25, 0.3) is 0 Å². The number of aliphatic imine (C=N–C) groups is 1. The fourth-order valence-electron chi connectivity index (χ4n) is 1.02. The highest BCUT2D eigenvalue weighted by Crippen LogP contribution is 2.20. The van der Waals surface area contributed by atoms with Gasteiger partial charge in [0.2, 0.25) is 0 Å². The molecule has 2 nitrogen and oxygen atoms in total. The first-order valence-corrected chi connectivity index (χ1v) is 5.43. The van der Waals surface area contributed by atoms with Gasteiger partial charge in [-0.05, 0) is 39.3 Å². The summed E-state index contributed by atoms with van der Waals surface area (Å²) in [7, 11) is 0. The molecule has 1 aromatic heterocycles. The molecule has 0 radical (unpaired) electrons. The molecule has 1 rings (SSSR count). The maximum atomic E-state index is 5.98. The summed E-state index contributed by atoms with van der Waals surface area (Å²) in [6, 6.07) is 1.78. The van der Waals surface area contributed by atoms with Crippen molar-refractivity contribution in [3.63, 3.8) is 0 Å². The molecule has 0 bridgehead atoms. The van der Waals surface area contributed by atoms with Crippen molar-refractivity contribution >= 4 is 29.4 Å². The summed E-state index contributed by atoms with van der Waals surface area (Å²) in [5.74, 6) is 0. The zero-order chi connectivity index (χ0) is 11.6. The molecule has 0 N–H and O–H groups in total. The van der Waals surface area contributed by atoms with E-state index in [1.165, 1.54) is 0 Å². The van der Waals surface area contributed by atoms with Crippen molar-refractivity contribution in [3.8, 4) is 0 Å². The van der Waals surface area contributed by atoms with E-state index in [1.807, 2.05) is 27.7 Å². The van der Waals surface area contributed by atoms with Crippen LogP contribution in [-0.4, -0.2) is 16.7 Å². The average Bonchev–Trinajstić information content (AvgIpc) is 1.99. The van der Waals surface area contributed by atoms with Crippen molar-refractivity contribution in [2.24, 2.45) is 4.99 Å². The molecule has 0 aliphatic carbocycles. The van der Waals surface area contributed by atoms with Gasteiger partial charge in [0.05, 0.1) is 5.54 Å². The number of aromatic nitrogens is 1. The molecular weight excluding hydrogens is 231 g/mol. The average molecular weight is 245 g/mol. The van der Waals surface area contributed by atoms with Gasteiger partial charge in [-0.15, -0.1) is 0 Å². The molecule has 0 saturated carbocycles.